The van der Waals surface area contributed by atoms with E-state index in [1.54, 1.807) is 11.3 Å². The Labute approximate surface area is 114 Å². The highest BCUT2D eigenvalue weighted by Gasteiger charge is 2.17. The molecule has 4 heteroatoms. The Balaban J connectivity index is 1.88. The number of rotatable bonds is 4. The lowest BCUT2D eigenvalue weighted by molar-refractivity contribution is 0.186. The van der Waals surface area contributed by atoms with Gasteiger partial charge in [0.1, 0.15) is 0 Å². The lowest BCUT2D eigenvalue weighted by atomic mass is 10.0. The summed E-state index contributed by atoms with van der Waals surface area (Å²) >= 11 is 1.79. The zero-order valence-electron chi connectivity index (χ0n) is 11.8. The molecule has 2 atom stereocenters. The van der Waals surface area contributed by atoms with Crippen LogP contribution in [0.4, 0.5) is 0 Å². The number of nitrogens with two attached hydrogens (primary N) is 1. The zero-order chi connectivity index (χ0) is 13.1. The van der Waals surface area contributed by atoms with Gasteiger partial charge >= 0.3 is 0 Å². The number of aryl methyl sites for hydroxylation is 1. The smallest absolute Gasteiger partial charge is 0.0944 e. The van der Waals surface area contributed by atoms with Crippen LogP contribution in [-0.4, -0.2) is 29.5 Å². The minimum absolute atomic E-state index is 0.117. The Morgan fingerprint density at radius 2 is 2.33 bits per heavy atom. The molecule has 1 aliphatic rings. The molecule has 0 bridgehead atoms. The van der Waals surface area contributed by atoms with Crippen molar-refractivity contribution in [2.45, 2.75) is 46.1 Å². The van der Waals surface area contributed by atoms with Crippen molar-refractivity contribution in [2.24, 2.45) is 11.7 Å². The van der Waals surface area contributed by atoms with Crippen LogP contribution in [0.5, 0.6) is 0 Å². The van der Waals surface area contributed by atoms with Crippen LogP contribution in [0.2, 0.25) is 0 Å². The number of thiazole rings is 1. The van der Waals surface area contributed by atoms with Crippen LogP contribution in [0.3, 0.4) is 0 Å². The lowest BCUT2D eigenvalue weighted by Gasteiger charge is -2.30. The maximum atomic E-state index is 5.95. The Kier molecular flexibility index (Phi) is 4.76. The molecular formula is C14H25N3S. The molecule has 0 spiro atoms. The van der Waals surface area contributed by atoms with E-state index in [4.69, 9.17) is 5.73 Å². The molecule has 102 valence electrons. The van der Waals surface area contributed by atoms with E-state index >= 15 is 0 Å². The van der Waals surface area contributed by atoms with Crippen molar-refractivity contribution in [3.8, 4) is 0 Å². The van der Waals surface area contributed by atoms with Crippen molar-refractivity contribution in [1.29, 1.82) is 0 Å². The molecule has 1 aromatic rings. The molecule has 0 saturated carbocycles. The quantitative estimate of drug-likeness (QED) is 0.912. The fourth-order valence-electron chi connectivity index (χ4n) is 2.74. The van der Waals surface area contributed by atoms with Gasteiger partial charge in [-0.25, -0.2) is 4.98 Å². The van der Waals surface area contributed by atoms with Gasteiger partial charge in [0.25, 0.3) is 0 Å². The molecule has 2 rings (SSSR count). The van der Waals surface area contributed by atoms with E-state index in [0.29, 0.717) is 0 Å². The number of hydrogen-bond donors (Lipinski definition) is 1. The van der Waals surface area contributed by atoms with Crippen LogP contribution in [0, 0.1) is 12.8 Å². The maximum absolute atomic E-state index is 5.95. The molecule has 0 radical (unpaired) electrons. The fourth-order valence-corrected chi connectivity index (χ4v) is 3.75. The Morgan fingerprint density at radius 3 is 2.94 bits per heavy atom. The third-order valence-electron chi connectivity index (χ3n) is 3.67. The van der Waals surface area contributed by atoms with Crippen molar-refractivity contribution < 1.29 is 0 Å². The van der Waals surface area contributed by atoms with Gasteiger partial charge in [0, 0.05) is 30.4 Å². The molecule has 1 saturated heterocycles. The summed E-state index contributed by atoms with van der Waals surface area (Å²) in [6.07, 6.45) is 3.82. The number of nitrogens with zero attached hydrogens (tertiary/aromatic N) is 2. The summed E-state index contributed by atoms with van der Waals surface area (Å²) in [6, 6.07) is 0.117. The Bertz CT molecular complexity index is 386. The van der Waals surface area contributed by atoms with E-state index in [0.717, 1.165) is 24.6 Å². The van der Waals surface area contributed by atoms with Gasteiger partial charge in [0.05, 0.1) is 10.7 Å². The molecule has 2 N–H and O–H groups in total. The van der Waals surface area contributed by atoms with Gasteiger partial charge in [-0.2, -0.15) is 0 Å². The maximum Gasteiger partial charge on any atom is 0.0944 e. The first-order valence-corrected chi connectivity index (χ1v) is 7.82. The van der Waals surface area contributed by atoms with E-state index in [9.17, 15) is 0 Å². The van der Waals surface area contributed by atoms with Crippen LogP contribution in [-0.2, 0) is 6.42 Å². The molecule has 1 aliphatic heterocycles. The van der Waals surface area contributed by atoms with Crippen LogP contribution in [0.15, 0.2) is 0 Å². The van der Waals surface area contributed by atoms with E-state index in [1.165, 1.54) is 35.8 Å². The third-order valence-corrected chi connectivity index (χ3v) is 5.09. The number of piperidine rings is 1. The molecule has 2 heterocycles. The summed E-state index contributed by atoms with van der Waals surface area (Å²) in [5.74, 6) is 0.858. The van der Waals surface area contributed by atoms with Crippen molar-refractivity contribution in [3.05, 3.63) is 15.6 Å². The Morgan fingerprint density at radius 1 is 1.56 bits per heavy atom. The van der Waals surface area contributed by atoms with Crippen LogP contribution in [0.1, 0.15) is 48.3 Å². The molecule has 1 aromatic heterocycles. The zero-order valence-corrected chi connectivity index (χ0v) is 12.6. The van der Waals surface area contributed by atoms with E-state index in [-0.39, 0.29) is 6.04 Å². The fraction of sp³-hybridized carbons (Fsp3) is 0.786. The third kappa shape index (κ3) is 3.53. The van der Waals surface area contributed by atoms with Gasteiger partial charge in [0.15, 0.2) is 0 Å². The van der Waals surface area contributed by atoms with Gasteiger partial charge in [0.2, 0.25) is 0 Å². The average molecular weight is 267 g/mol. The highest BCUT2D eigenvalue weighted by molar-refractivity contribution is 7.11. The van der Waals surface area contributed by atoms with E-state index in [2.05, 4.69) is 23.7 Å². The van der Waals surface area contributed by atoms with Crippen LogP contribution in [0.25, 0.3) is 0 Å². The second-order valence-electron chi connectivity index (χ2n) is 5.64. The second kappa shape index (κ2) is 6.13. The van der Waals surface area contributed by atoms with E-state index < -0.39 is 0 Å². The number of likely N-dealkylation sites (tertiary alicyclic amines) is 1. The predicted molar refractivity (Wildman–Crippen MR) is 78.0 cm³/mol. The second-order valence-corrected chi connectivity index (χ2v) is 6.76. The molecule has 0 amide bonds. The summed E-state index contributed by atoms with van der Waals surface area (Å²) in [5.41, 5.74) is 7.07. The SMILES string of the molecule is Cc1nc(CCN2CCCC(C)C2)sc1C(C)N. The monoisotopic (exact) mass is 267 g/mol. The number of hydrogen-bond acceptors (Lipinski definition) is 4. The first-order chi connectivity index (χ1) is 8.56. The van der Waals surface area contributed by atoms with Gasteiger partial charge in [-0.1, -0.05) is 6.92 Å². The van der Waals surface area contributed by atoms with Crippen LogP contribution < -0.4 is 5.73 Å². The molecule has 1 fully saturated rings. The largest absolute Gasteiger partial charge is 0.323 e. The first kappa shape index (κ1) is 14.0. The van der Waals surface area contributed by atoms with Gasteiger partial charge in [-0.3, -0.25) is 0 Å². The van der Waals surface area contributed by atoms with Crippen molar-refractivity contribution >= 4 is 11.3 Å². The lowest BCUT2D eigenvalue weighted by Crippen LogP contribution is -2.35. The summed E-state index contributed by atoms with van der Waals surface area (Å²) in [6.45, 7) is 10.1. The molecule has 0 aromatic carbocycles. The average Bonchev–Trinajstić information content (AvgIpc) is 2.68. The highest BCUT2D eigenvalue weighted by Crippen LogP contribution is 2.24. The van der Waals surface area contributed by atoms with Crippen molar-refractivity contribution in [2.75, 3.05) is 19.6 Å². The molecule has 3 nitrogen and oxygen atoms in total. The van der Waals surface area contributed by atoms with Crippen molar-refractivity contribution in [3.63, 3.8) is 0 Å². The summed E-state index contributed by atoms with van der Waals surface area (Å²) in [7, 11) is 0. The standard InChI is InChI=1S/C14H25N3S/c1-10-5-4-7-17(9-10)8-6-13-16-12(3)14(18-13)11(2)15/h10-11H,4-9,15H2,1-3H3. The topological polar surface area (TPSA) is 42.2 Å². The minimum atomic E-state index is 0.117. The summed E-state index contributed by atoms with van der Waals surface area (Å²) < 4.78 is 0. The minimum Gasteiger partial charge on any atom is -0.323 e. The molecule has 0 aliphatic carbocycles. The van der Waals surface area contributed by atoms with Gasteiger partial charge in [-0.05, 0) is 39.2 Å². The summed E-state index contributed by atoms with van der Waals surface area (Å²) in [5, 5.41) is 1.25. The van der Waals surface area contributed by atoms with Gasteiger partial charge in [-0.15, -0.1) is 11.3 Å². The number of aromatic nitrogens is 1. The van der Waals surface area contributed by atoms with E-state index in [1.807, 2.05) is 6.92 Å². The highest BCUT2D eigenvalue weighted by atomic mass is 32.1. The molecule has 18 heavy (non-hydrogen) atoms. The summed E-state index contributed by atoms with van der Waals surface area (Å²) in [4.78, 5) is 8.47. The predicted octanol–water partition coefficient (Wildman–Crippen LogP) is 2.75. The molecule has 2 unspecified atom stereocenters. The van der Waals surface area contributed by atoms with Gasteiger partial charge < -0.3 is 10.6 Å². The first-order valence-electron chi connectivity index (χ1n) is 7.00. The molecular weight excluding hydrogens is 242 g/mol. The normalized spacial score (nSPS) is 23.2. The Hall–Kier alpha value is -0.450. The van der Waals surface area contributed by atoms with Crippen molar-refractivity contribution in [1.82, 2.24) is 9.88 Å². The van der Waals surface area contributed by atoms with Crippen LogP contribution >= 0.6 is 11.3 Å².